The Hall–Kier alpha value is -2.82. The fourth-order valence-corrected chi connectivity index (χ4v) is 5.30. The first-order valence-electron chi connectivity index (χ1n) is 10.2. The van der Waals surface area contributed by atoms with Crippen LogP contribution in [0.5, 0.6) is 0 Å². The average Bonchev–Trinajstić information content (AvgIpc) is 3.25. The van der Waals surface area contributed by atoms with Crippen molar-refractivity contribution in [2.75, 3.05) is 6.54 Å². The normalized spacial score (nSPS) is 25.7. The van der Waals surface area contributed by atoms with Crippen molar-refractivity contribution >= 4 is 17.9 Å². The zero-order valence-corrected chi connectivity index (χ0v) is 17.3. The highest BCUT2D eigenvalue weighted by Crippen LogP contribution is 2.52. The summed E-state index contributed by atoms with van der Waals surface area (Å²) < 4.78 is 5.41. The molecule has 5 nitrogen and oxygen atoms in total. The Morgan fingerprint density at radius 1 is 1.10 bits per heavy atom. The Labute approximate surface area is 171 Å². The summed E-state index contributed by atoms with van der Waals surface area (Å²) in [6.07, 6.45) is 6.28. The highest BCUT2D eigenvalue weighted by atomic mass is 16.3. The van der Waals surface area contributed by atoms with Crippen molar-refractivity contribution < 1.29 is 14.0 Å². The SMILES string of the molecule is CC1(C)C[C@@H]2C[C@@](C)(CN2C(=O)/C(=C/c2ccco2)NC(=O)c2ccccc2)C1. The van der Waals surface area contributed by atoms with Crippen molar-refractivity contribution in [3.63, 3.8) is 0 Å². The molecule has 0 radical (unpaired) electrons. The molecule has 2 atom stereocenters. The molecule has 1 saturated carbocycles. The second-order valence-electron chi connectivity index (χ2n) is 9.54. The molecule has 5 heteroatoms. The average molecular weight is 392 g/mol. The van der Waals surface area contributed by atoms with Crippen LogP contribution in [0.25, 0.3) is 6.08 Å². The molecule has 2 aliphatic rings. The fourth-order valence-electron chi connectivity index (χ4n) is 5.30. The van der Waals surface area contributed by atoms with Crippen LogP contribution < -0.4 is 5.32 Å². The van der Waals surface area contributed by atoms with Crippen molar-refractivity contribution in [2.45, 2.75) is 46.1 Å². The molecular formula is C24H28N2O3. The van der Waals surface area contributed by atoms with E-state index in [1.54, 1.807) is 48.7 Å². The van der Waals surface area contributed by atoms with E-state index in [4.69, 9.17) is 4.42 Å². The van der Waals surface area contributed by atoms with Crippen molar-refractivity contribution in [3.8, 4) is 0 Å². The molecule has 0 spiro atoms. The largest absolute Gasteiger partial charge is 0.465 e. The molecule has 1 aromatic carbocycles. The molecule has 0 unspecified atom stereocenters. The summed E-state index contributed by atoms with van der Waals surface area (Å²) in [4.78, 5) is 28.2. The lowest BCUT2D eigenvalue weighted by Crippen LogP contribution is -2.42. The summed E-state index contributed by atoms with van der Waals surface area (Å²) in [5.74, 6) is 0.0954. The van der Waals surface area contributed by atoms with Crippen molar-refractivity contribution in [1.29, 1.82) is 0 Å². The number of nitrogens with one attached hydrogen (secondary N) is 1. The number of carbonyl (C=O) groups is 2. The van der Waals surface area contributed by atoms with Gasteiger partial charge in [0.2, 0.25) is 0 Å². The van der Waals surface area contributed by atoms with E-state index in [1.807, 2.05) is 11.0 Å². The van der Waals surface area contributed by atoms with E-state index >= 15 is 0 Å². The molecular weight excluding hydrogens is 364 g/mol. The number of carbonyl (C=O) groups excluding carboxylic acids is 2. The number of fused-ring (bicyclic) bond motifs is 2. The Morgan fingerprint density at radius 3 is 2.55 bits per heavy atom. The van der Waals surface area contributed by atoms with Gasteiger partial charge in [-0.1, -0.05) is 39.0 Å². The van der Waals surface area contributed by atoms with Gasteiger partial charge in [0, 0.05) is 24.2 Å². The molecule has 152 valence electrons. The second kappa shape index (κ2) is 7.21. The van der Waals surface area contributed by atoms with Crippen LogP contribution in [0.3, 0.4) is 0 Å². The van der Waals surface area contributed by atoms with Gasteiger partial charge >= 0.3 is 0 Å². The predicted molar refractivity (Wildman–Crippen MR) is 112 cm³/mol. The number of likely N-dealkylation sites (tertiary alicyclic amines) is 1. The molecule has 29 heavy (non-hydrogen) atoms. The molecule has 2 heterocycles. The van der Waals surface area contributed by atoms with Gasteiger partial charge in [0.1, 0.15) is 11.5 Å². The van der Waals surface area contributed by atoms with E-state index < -0.39 is 0 Å². The zero-order valence-electron chi connectivity index (χ0n) is 17.3. The minimum Gasteiger partial charge on any atom is -0.465 e. The van der Waals surface area contributed by atoms with E-state index in [-0.39, 0.29) is 34.4 Å². The first kappa shape index (κ1) is 19.5. The number of hydrogen-bond acceptors (Lipinski definition) is 3. The topological polar surface area (TPSA) is 62.6 Å². The molecule has 2 fully saturated rings. The van der Waals surface area contributed by atoms with Gasteiger partial charge in [-0.2, -0.15) is 0 Å². The Bertz CT molecular complexity index is 930. The maximum atomic E-state index is 13.5. The van der Waals surface area contributed by atoms with Crippen LogP contribution in [0.4, 0.5) is 0 Å². The molecule has 4 rings (SSSR count). The smallest absolute Gasteiger partial charge is 0.270 e. The van der Waals surface area contributed by atoms with Gasteiger partial charge < -0.3 is 14.6 Å². The molecule has 1 N–H and O–H groups in total. The summed E-state index contributed by atoms with van der Waals surface area (Å²) >= 11 is 0. The molecule has 1 aliphatic heterocycles. The van der Waals surface area contributed by atoms with Crippen LogP contribution in [0.2, 0.25) is 0 Å². The van der Waals surface area contributed by atoms with Crippen molar-refractivity contribution in [1.82, 2.24) is 10.2 Å². The molecule has 1 aromatic heterocycles. The van der Waals surface area contributed by atoms with Gasteiger partial charge in [-0.05, 0) is 54.4 Å². The van der Waals surface area contributed by atoms with Crippen molar-refractivity contribution in [3.05, 3.63) is 65.7 Å². The molecule has 2 aromatic rings. The van der Waals surface area contributed by atoms with Crippen LogP contribution in [-0.4, -0.2) is 29.3 Å². The third kappa shape index (κ3) is 4.14. The summed E-state index contributed by atoms with van der Waals surface area (Å²) in [5, 5.41) is 2.83. The van der Waals surface area contributed by atoms with E-state index in [9.17, 15) is 9.59 Å². The van der Waals surface area contributed by atoms with Crippen LogP contribution >= 0.6 is 0 Å². The quantitative estimate of drug-likeness (QED) is 0.781. The van der Waals surface area contributed by atoms with Crippen molar-refractivity contribution in [2.24, 2.45) is 10.8 Å². The Balaban J connectivity index is 1.62. The number of rotatable bonds is 4. The fraction of sp³-hybridized carbons (Fsp3) is 0.417. The third-order valence-corrected chi connectivity index (χ3v) is 6.02. The van der Waals surface area contributed by atoms with Gasteiger partial charge in [-0.15, -0.1) is 0 Å². The van der Waals surface area contributed by atoms with E-state index in [0.29, 0.717) is 11.3 Å². The van der Waals surface area contributed by atoms with E-state index in [0.717, 1.165) is 25.8 Å². The lowest BCUT2D eigenvalue weighted by Gasteiger charge is -2.39. The van der Waals surface area contributed by atoms with Crippen LogP contribution in [0.15, 0.2) is 58.8 Å². The van der Waals surface area contributed by atoms with Gasteiger partial charge in [0.05, 0.1) is 6.26 Å². The molecule has 1 saturated heterocycles. The summed E-state index contributed by atoms with van der Waals surface area (Å²) in [6, 6.07) is 12.7. The maximum Gasteiger partial charge on any atom is 0.270 e. The second-order valence-corrected chi connectivity index (χ2v) is 9.54. The van der Waals surface area contributed by atoms with Gasteiger partial charge in [0.25, 0.3) is 11.8 Å². The minimum atomic E-state index is -0.300. The standard InChI is InChI=1S/C24H28N2O3/c1-23(2)13-18-14-24(3,15-23)16-26(18)22(28)20(12-19-10-7-11-29-19)25-21(27)17-8-5-4-6-9-17/h4-12,18H,13-16H2,1-3H3,(H,25,27)/b20-12-/t18-,24-/m1/s1. The number of furan rings is 1. The Morgan fingerprint density at radius 2 is 1.86 bits per heavy atom. The Kier molecular flexibility index (Phi) is 4.85. The molecule has 2 amide bonds. The van der Waals surface area contributed by atoms with E-state index in [1.165, 1.54) is 0 Å². The van der Waals surface area contributed by atoms with Gasteiger partial charge in [0.15, 0.2) is 0 Å². The van der Waals surface area contributed by atoms with Crippen LogP contribution in [0.1, 0.15) is 56.2 Å². The molecule has 1 aliphatic carbocycles. The summed E-state index contributed by atoms with van der Waals surface area (Å²) in [5.41, 5.74) is 1.10. The number of nitrogens with zero attached hydrogens (tertiary/aromatic N) is 1. The monoisotopic (exact) mass is 392 g/mol. The zero-order chi connectivity index (χ0) is 20.6. The predicted octanol–water partition coefficient (Wildman–Crippen LogP) is 4.48. The number of benzene rings is 1. The van der Waals surface area contributed by atoms with E-state index in [2.05, 4.69) is 26.1 Å². The van der Waals surface area contributed by atoms with Crippen LogP contribution in [0, 0.1) is 10.8 Å². The third-order valence-electron chi connectivity index (χ3n) is 6.02. The highest BCUT2D eigenvalue weighted by molar-refractivity contribution is 6.05. The first-order chi connectivity index (χ1) is 13.7. The van der Waals surface area contributed by atoms with Crippen LogP contribution in [-0.2, 0) is 4.79 Å². The van der Waals surface area contributed by atoms with Gasteiger partial charge in [-0.25, -0.2) is 0 Å². The minimum absolute atomic E-state index is 0.126. The lowest BCUT2D eigenvalue weighted by molar-refractivity contribution is -0.128. The lowest BCUT2D eigenvalue weighted by atomic mass is 9.65. The first-order valence-corrected chi connectivity index (χ1v) is 10.2. The number of hydrogen-bond donors (Lipinski definition) is 1. The van der Waals surface area contributed by atoms with Gasteiger partial charge in [-0.3, -0.25) is 9.59 Å². The summed E-state index contributed by atoms with van der Waals surface area (Å²) in [6.45, 7) is 7.55. The summed E-state index contributed by atoms with van der Waals surface area (Å²) in [7, 11) is 0. The number of amides is 2. The maximum absolute atomic E-state index is 13.5. The molecule has 2 bridgehead atoms. The highest BCUT2D eigenvalue weighted by Gasteiger charge is 2.51.